The van der Waals surface area contributed by atoms with Gasteiger partial charge in [0, 0.05) is 5.56 Å². The number of aromatic nitrogens is 1. The van der Waals surface area contributed by atoms with E-state index in [0.29, 0.717) is 10.4 Å². The molecular formula is C21H14FNO4S3. The lowest BCUT2D eigenvalue weighted by molar-refractivity contribution is 0.102. The minimum absolute atomic E-state index is 0.0188. The molecule has 30 heavy (non-hydrogen) atoms. The number of ketones is 1. The molecule has 0 atom stereocenters. The lowest BCUT2D eigenvalue weighted by atomic mass is 10.2. The van der Waals surface area contributed by atoms with E-state index in [4.69, 9.17) is 4.42 Å². The van der Waals surface area contributed by atoms with Gasteiger partial charge in [-0.15, -0.1) is 11.3 Å². The average Bonchev–Trinajstić information content (AvgIpc) is 3.43. The van der Waals surface area contributed by atoms with E-state index >= 15 is 0 Å². The van der Waals surface area contributed by atoms with Gasteiger partial charge in [-0.1, -0.05) is 48.2 Å². The van der Waals surface area contributed by atoms with Crippen molar-refractivity contribution in [3.8, 4) is 10.8 Å². The molecule has 0 saturated carbocycles. The van der Waals surface area contributed by atoms with Crippen molar-refractivity contribution in [3.05, 3.63) is 83.5 Å². The second kappa shape index (κ2) is 8.55. The Morgan fingerprint density at radius 3 is 2.43 bits per heavy atom. The minimum atomic E-state index is -4.07. The summed E-state index contributed by atoms with van der Waals surface area (Å²) in [6.07, 6.45) is 0. The van der Waals surface area contributed by atoms with Crippen LogP contribution in [0.5, 0.6) is 0 Å². The van der Waals surface area contributed by atoms with Crippen LogP contribution < -0.4 is 0 Å². The van der Waals surface area contributed by atoms with Crippen molar-refractivity contribution >= 4 is 38.7 Å². The van der Waals surface area contributed by atoms with Crippen LogP contribution in [-0.4, -0.2) is 24.9 Å². The first-order valence-corrected chi connectivity index (χ1v) is 12.1. The smallest absolute Gasteiger partial charge is 0.238 e. The van der Waals surface area contributed by atoms with Crippen molar-refractivity contribution in [3.63, 3.8) is 0 Å². The highest BCUT2D eigenvalue weighted by Gasteiger charge is 2.29. The summed E-state index contributed by atoms with van der Waals surface area (Å²) in [5, 5.41) is 1.55. The Bertz CT molecular complexity index is 1270. The van der Waals surface area contributed by atoms with Gasteiger partial charge >= 0.3 is 0 Å². The van der Waals surface area contributed by atoms with Crippen molar-refractivity contribution in [2.45, 2.75) is 15.0 Å². The number of benzene rings is 2. The Morgan fingerprint density at radius 1 is 1.03 bits per heavy atom. The molecule has 2 heterocycles. The topological polar surface area (TPSA) is 77.2 Å². The van der Waals surface area contributed by atoms with Crippen LogP contribution in [0, 0.1) is 5.82 Å². The maximum absolute atomic E-state index is 13.2. The summed E-state index contributed by atoms with van der Waals surface area (Å²) >= 11 is 2.32. The van der Waals surface area contributed by atoms with E-state index in [9.17, 15) is 17.6 Å². The first kappa shape index (κ1) is 20.5. The number of rotatable bonds is 7. The molecule has 0 unspecified atom stereocenters. The largest absolute Gasteiger partial charge is 0.428 e. The summed E-state index contributed by atoms with van der Waals surface area (Å²) in [6.45, 7) is 0. The van der Waals surface area contributed by atoms with Gasteiger partial charge in [0.15, 0.2) is 5.78 Å². The number of Topliss-reactive ketones (excluding diaryl/α,β-unsaturated/α-hetero) is 1. The lowest BCUT2D eigenvalue weighted by Crippen LogP contribution is -2.06. The number of halogens is 1. The number of sulfone groups is 1. The third-order valence-electron chi connectivity index (χ3n) is 4.11. The zero-order chi connectivity index (χ0) is 21.1. The Morgan fingerprint density at radius 2 is 1.77 bits per heavy atom. The van der Waals surface area contributed by atoms with Crippen molar-refractivity contribution < 1.29 is 22.0 Å². The van der Waals surface area contributed by atoms with Crippen LogP contribution in [0.4, 0.5) is 4.39 Å². The summed E-state index contributed by atoms with van der Waals surface area (Å²) in [6, 6.07) is 16.7. The van der Waals surface area contributed by atoms with E-state index in [2.05, 4.69) is 4.98 Å². The number of carbonyl (C=O) groups excluding carboxylic acids is 1. The fourth-order valence-electron chi connectivity index (χ4n) is 2.62. The Hall–Kier alpha value is -2.75. The van der Waals surface area contributed by atoms with Crippen LogP contribution >= 0.6 is 23.1 Å². The number of carbonyl (C=O) groups is 1. The van der Waals surface area contributed by atoms with Gasteiger partial charge in [0.1, 0.15) is 5.82 Å². The van der Waals surface area contributed by atoms with Crippen LogP contribution in [0.1, 0.15) is 10.4 Å². The average molecular weight is 460 g/mol. The highest BCUT2D eigenvalue weighted by molar-refractivity contribution is 8.00. The lowest BCUT2D eigenvalue weighted by Gasteiger charge is -2.04. The Kier molecular flexibility index (Phi) is 5.85. The molecule has 5 nitrogen and oxygen atoms in total. The molecule has 0 fully saturated rings. The van der Waals surface area contributed by atoms with Crippen molar-refractivity contribution in [2.75, 3.05) is 5.75 Å². The molecule has 4 rings (SSSR count). The second-order valence-electron chi connectivity index (χ2n) is 6.12. The molecule has 9 heteroatoms. The number of nitrogens with zero attached hydrogens (tertiary/aromatic N) is 1. The third-order valence-corrected chi connectivity index (χ3v) is 7.72. The van der Waals surface area contributed by atoms with Gasteiger partial charge in [-0.05, 0) is 35.7 Å². The van der Waals surface area contributed by atoms with Gasteiger partial charge in [-0.2, -0.15) is 4.98 Å². The molecule has 152 valence electrons. The van der Waals surface area contributed by atoms with Crippen LogP contribution in [0.2, 0.25) is 0 Å². The van der Waals surface area contributed by atoms with Gasteiger partial charge in [0.05, 0.1) is 15.5 Å². The summed E-state index contributed by atoms with van der Waals surface area (Å²) in [5.41, 5.74) is 0.519. The first-order chi connectivity index (χ1) is 14.4. The van der Waals surface area contributed by atoms with Gasteiger partial charge in [0.2, 0.25) is 25.8 Å². The molecule has 0 aliphatic rings. The van der Waals surface area contributed by atoms with E-state index < -0.39 is 15.7 Å². The molecule has 0 N–H and O–H groups in total. The van der Waals surface area contributed by atoms with Gasteiger partial charge in [-0.3, -0.25) is 4.79 Å². The van der Waals surface area contributed by atoms with Crippen LogP contribution in [0.3, 0.4) is 0 Å². The molecule has 0 aliphatic heterocycles. The molecule has 4 aromatic rings. The first-order valence-electron chi connectivity index (χ1n) is 8.71. The maximum atomic E-state index is 13.2. The molecule has 0 amide bonds. The molecule has 2 aromatic carbocycles. The third kappa shape index (κ3) is 4.23. The number of oxazole rings is 1. The fraction of sp³-hybridized carbons (Fsp3) is 0.0476. The molecular weight excluding hydrogens is 445 g/mol. The maximum Gasteiger partial charge on any atom is 0.238 e. The van der Waals surface area contributed by atoms with Crippen molar-refractivity contribution in [2.24, 2.45) is 0 Å². The summed E-state index contributed by atoms with van der Waals surface area (Å²) in [7, 11) is -4.07. The summed E-state index contributed by atoms with van der Waals surface area (Å²) in [5.74, 6) is -0.578. The number of hydrogen-bond donors (Lipinski definition) is 0. The van der Waals surface area contributed by atoms with Crippen molar-refractivity contribution in [1.82, 2.24) is 4.98 Å². The van der Waals surface area contributed by atoms with Gasteiger partial charge < -0.3 is 4.42 Å². The standard InChI is InChI=1S/C21H14FNO4S3/c22-15-8-10-16(11-9-15)30(25,26)20-21(27-19(23-20)18-7-4-12-28-18)29-13-17(24)14-5-2-1-3-6-14/h1-12H,13H2. The second-order valence-corrected chi connectivity index (χ2v) is 9.88. The van der Waals surface area contributed by atoms with Crippen molar-refractivity contribution in [1.29, 1.82) is 0 Å². The fourth-order valence-corrected chi connectivity index (χ4v) is 5.70. The summed E-state index contributed by atoms with van der Waals surface area (Å²) < 4.78 is 45.2. The Labute approximate surface area is 180 Å². The predicted octanol–water partition coefficient (Wildman–Crippen LogP) is 5.35. The van der Waals surface area contributed by atoms with E-state index in [0.717, 1.165) is 23.9 Å². The van der Waals surface area contributed by atoms with E-state index in [-0.39, 0.29) is 32.4 Å². The van der Waals surface area contributed by atoms with Crippen LogP contribution in [0.15, 0.2) is 91.5 Å². The van der Waals surface area contributed by atoms with E-state index in [1.165, 1.54) is 23.5 Å². The molecule has 0 bridgehead atoms. The van der Waals surface area contributed by atoms with Crippen LogP contribution in [0.25, 0.3) is 10.8 Å². The SMILES string of the molecule is O=C(CSc1oc(-c2cccs2)nc1S(=O)(=O)c1ccc(F)cc1)c1ccccc1. The monoisotopic (exact) mass is 459 g/mol. The zero-order valence-corrected chi connectivity index (χ0v) is 17.8. The highest BCUT2D eigenvalue weighted by atomic mass is 32.2. The molecule has 0 spiro atoms. The predicted molar refractivity (Wildman–Crippen MR) is 113 cm³/mol. The Balaban J connectivity index is 1.70. The quantitative estimate of drug-likeness (QED) is 0.211. The minimum Gasteiger partial charge on any atom is -0.428 e. The molecule has 0 aliphatic carbocycles. The zero-order valence-electron chi connectivity index (χ0n) is 15.3. The normalized spacial score (nSPS) is 11.5. The molecule has 0 radical (unpaired) electrons. The highest BCUT2D eigenvalue weighted by Crippen LogP contribution is 2.36. The van der Waals surface area contributed by atoms with Crippen LogP contribution in [-0.2, 0) is 9.84 Å². The number of thioether (sulfide) groups is 1. The summed E-state index contributed by atoms with van der Waals surface area (Å²) in [4.78, 5) is 17.2. The van der Waals surface area contributed by atoms with E-state index in [1.807, 2.05) is 5.38 Å². The number of hydrogen-bond acceptors (Lipinski definition) is 7. The number of thiophene rings is 1. The van der Waals surface area contributed by atoms with Gasteiger partial charge in [-0.25, -0.2) is 12.8 Å². The molecule has 0 saturated heterocycles. The van der Waals surface area contributed by atoms with E-state index in [1.54, 1.807) is 42.5 Å². The molecule has 2 aromatic heterocycles. The van der Waals surface area contributed by atoms with Gasteiger partial charge in [0.25, 0.3) is 0 Å².